The zero-order chi connectivity index (χ0) is 12.6. The van der Waals surface area contributed by atoms with Crippen molar-refractivity contribution in [3.8, 4) is 0 Å². The van der Waals surface area contributed by atoms with Crippen molar-refractivity contribution in [1.29, 1.82) is 0 Å². The molecule has 0 amide bonds. The fraction of sp³-hybridized carbons (Fsp3) is 0.800. The number of alkyl halides is 6. The van der Waals surface area contributed by atoms with Gasteiger partial charge in [0.1, 0.15) is 0 Å². The second-order valence-corrected chi connectivity index (χ2v) is 1.72. The third-order valence-electron chi connectivity index (χ3n) is 0.152. The SMILES string of the molecule is CCC.CCF.CF.FCC(F)(F)F.[CH3-].[CH3-].[Y]. The van der Waals surface area contributed by atoms with Crippen molar-refractivity contribution in [2.45, 2.75) is 33.4 Å². The monoisotopic (exact) mass is 347 g/mol. The molecule has 0 fully saturated rings. The second kappa shape index (κ2) is 43.8. The van der Waals surface area contributed by atoms with Gasteiger partial charge in [-0.3, -0.25) is 8.78 Å². The molecule has 0 atom stereocenters. The molecule has 0 aliphatic carbocycles. The van der Waals surface area contributed by atoms with E-state index < -0.39 is 12.9 Å². The number of hydrogen-bond acceptors (Lipinski definition) is 0. The van der Waals surface area contributed by atoms with Gasteiger partial charge in [0.2, 0.25) is 0 Å². The Morgan fingerprint density at radius 1 is 0.824 bits per heavy atom. The first-order valence-electron chi connectivity index (χ1n) is 3.95. The van der Waals surface area contributed by atoms with Gasteiger partial charge in [-0.2, -0.15) is 13.2 Å². The molecule has 0 saturated carbocycles. The van der Waals surface area contributed by atoms with Gasteiger partial charge < -0.3 is 14.9 Å². The van der Waals surface area contributed by atoms with Crippen molar-refractivity contribution in [2.75, 3.05) is 20.5 Å². The van der Waals surface area contributed by atoms with E-state index in [-0.39, 0.29) is 54.2 Å². The Morgan fingerprint density at radius 2 is 0.882 bits per heavy atom. The summed E-state index contributed by atoms with van der Waals surface area (Å²) >= 11 is 0. The predicted octanol–water partition coefficient (Wildman–Crippen LogP) is 5.39. The van der Waals surface area contributed by atoms with Crippen molar-refractivity contribution < 1.29 is 59.1 Å². The van der Waals surface area contributed by atoms with Crippen molar-refractivity contribution >= 4 is 0 Å². The molecule has 0 heterocycles. The standard InChI is InChI=1S/C3H8.C2H2F4.C2H5F.CH3F.2CH3.Y/c1-3-2;3-1-2(4,5)6;1-2-3;1-2;;;/h3H2,1-2H3;1H2;2H2,1H3;1H3;2*1H3;/q;;;;2*-1;. The van der Waals surface area contributed by atoms with E-state index in [9.17, 15) is 26.3 Å². The number of hydrogen-bond donors (Lipinski definition) is 0. The summed E-state index contributed by atoms with van der Waals surface area (Å²) < 4.78 is 61.4. The average molecular weight is 347 g/mol. The molecule has 0 nitrogen and oxygen atoms in total. The predicted molar refractivity (Wildman–Crippen MR) is 59.5 cm³/mol. The zero-order valence-electron chi connectivity index (χ0n) is 11.5. The molecule has 0 N–H and O–H groups in total. The van der Waals surface area contributed by atoms with Crippen LogP contribution in [0.25, 0.3) is 0 Å². The molecule has 0 unspecified atom stereocenters. The van der Waals surface area contributed by atoms with Crippen molar-refractivity contribution in [3.05, 3.63) is 14.9 Å². The Morgan fingerprint density at radius 3 is 0.882 bits per heavy atom. The molecule has 111 valence electrons. The molecule has 0 rings (SSSR count). The summed E-state index contributed by atoms with van der Waals surface area (Å²) in [5, 5.41) is 0. The smallest absolute Gasteiger partial charge is 0.358 e. The molecular formula is C10H24F6Y-2. The molecule has 1 radical (unpaired) electrons. The molecular weight excluding hydrogens is 323 g/mol. The molecule has 0 aliphatic heterocycles. The Hall–Kier alpha value is 0.684. The molecule has 0 aromatic carbocycles. The maximum atomic E-state index is 10.4. The van der Waals surface area contributed by atoms with E-state index in [1.165, 1.54) is 13.3 Å². The summed E-state index contributed by atoms with van der Waals surface area (Å²) in [6.45, 7) is 3.23. The fourth-order valence-electron chi connectivity index (χ4n) is 0. The molecule has 7 heteroatoms. The van der Waals surface area contributed by atoms with Gasteiger partial charge >= 0.3 is 6.18 Å². The first-order chi connectivity index (χ1) is 6.39. The quantitative estimate of drug-likeness (QED) is 0.407. The largest absolute Gasteiger partial charge is 0.416 e. The Balaban J connectivity index is -0.0000000161. The minimum Gasteiger partial charge on any atom is -0.358 e. The normalized spacial score (nSPS) is 6.71. The summed E-state index contributed by atoms with van der Waals surface area (Å²) in [5.41, 5.74) is 0. The van der Waals surface area contributed by atoms with Crippen LogP contribution in [-0.4, -0.2) is 26.7 Å². The van der Waals surface area contributed by atoms with Crippen LogP contribution in [0.3, 0.4) is 0 Å². The van der Waals surface area contributed by atoms with Gasteiger partial charge in [0.15, 0.2) is 6.67 Å². The third-order valence-corrected chi connectivity index (χ3v) is 0.152. The first-order valence-corrected chi connectivity index (χ1v) is 3.95. The van der Waals surface area contributed by atoms with Gasteiger partial charge in [-0.15, -0.1) is 0 Å². The van der Waals surface area contributed by atoms with Gasteiger partial charge in [-0.05, 0) is 6.92 Å². The van der Waals surface area contributed by atoms with Crippen LogP contribution in [0.4, 0.5) is 26.3 Å². The zero-order valence-corrected chi connectivity index (χ0v) is 14.3. The first kappa shape index (κ1) is 43.1. The summed E-state index contributed by atoms with van der Waals surface area (Å²) in [4.78, 5) is 0. The summed E-state index contributed by atoms with van der Waals surface area (Å²) in [5.74, 6) is 0. The Bertz CT molecular complexity index is 66.3. The van der Waals surface area contributed by atoms with Crippen LogP contribution in [0, 0.1) is 14.9 Å². The molecule has 0 bridgehead atoms. The molecule has 0 aliphatic rings. The van der Waals surface area contributed by atoms with Gasteiger partial charge in [-0.25, -0.2) is 4.39 Å². The molecule has 0 spiro atoms. The van der Waals surface area contributed by atoms with Crippen molar-refractivity contribution in [2.24, 2.45) is 0 Å². The Labute approximate surface area is 127 Å². The van der Waals surface area contributed by atoms with Gasteiger partial charge in [0.25, 0.3) is 0 Å². The van der Waals surface area contributed by atoms with Gasteiger partial charge in [0, 0.05) is 32.7 Å². The average Bonchev–Trinajstić information content (AvgIpc) is 2.10. The maximum absolute atomic E-state index is 10.4. The van der Waals surface area contributed by atoms with E-state index in [4.69, 9.17) is 0 Å². The van der Waals surface area contributed by atoms with Crippen LogP contribution in [0.1, 0.15) is 27.2 Å². The van der Waals surface area contributed by atoms with E-state index >= 15 is 0 Å². The van der Waals surface area contributed by atoms with Crippen LogP contribution in [0.15, 0.2) is 0 Å². The third kappa shape index (κ3) is 265. The van der Waals surface area contributed by atoms with Gasteiger partial charge in [0.05, 0.1) is 13.9 Å². The van der Waals surface area contributed by atoms with E-state index in [1.807, 2.05) is 0 Å². The van der Waals surface area contributed by atoms with E-state index in [2.05, 4.69) is 13.8 Å². The number of halogens is 6. The van der Waals surface area contributed by atoms with Crippen molar-refractivity contribution in [1.82, 2.24) is 0 Å². The van der Waals surface area contributed by atoms with Crippen LogP contribution >= 0.6 is 0 Å². The van der Waals surface area contributed by atoms with Crippen LogP contribution in [0.2, 0.25) is 0 Å². The summed E-state index contributed by atoms with van der Waals surface area (Å²) in [7, 11) is 0.500. The van der Waals surface area contributed by atoms with Gasteiger partial charge in [-0.1, -0.05) is 20.3 Å². The van der Waals surface area contributed by atoms with Crippen molar-refractivity contribution in [3.63, 3.8) is 0 Å². The molecule has 0 aromatic rings. The fourth-order valence-corrected chi connectivity index (χ4v) is 0. The van der Waals surface area contributed by atoms with E-state index in [1.54, 1.807) is 0 Å². The Kier molecular flexibility index (Phi) is 111. The van der Waals surface area contributed by atoms with E-state index in [0.29, 0.717) is 7.18 Å². The van der Waals surface area contributed by atoms with Crippen LogP contribution in [0.5, 0.6) is 0 Å². The maximum Gasteiger partial charge on any atom is 0.416 e. The second-order valence-electron chi connectivity index (χ2n) is 1.72. The van der Waals surface area contributed by atoms with Crippen LogP contribution in [-0.2, 0) is 32.7 Å². The molecule has 0 saturated heterocycles. The topological polar surface area (TPSA) is 0 Å². The number of rotatable bonds is 0. The summed E-state index contributed by atoms with van der Waals surface area (Å²) in [6.07, 6.45) is -3.38. The summed E-state index contributed by atoms with van der Waals surface area (Å²) in [6, 6.07) is 0. The minimum atomic E-state index is -4.62. The minimum absolute atomic E-state index is 0. The van der Waals surface area contributed by atoms with E-state index in [0.717, 1.165) is 0 Å². The van der Waals surface area contributed by atoms with Crippen LogP contribution < -0.4 is 0 Å². The molecule has 0 aromatic heterocycles. The molecule has 17 heavy (non-hydrogen) atoms.